The molecule has 0 radical (unpaired) electrons. The summed E-state index contributed by atoms with van der Waals surface area (Å²) < 4.78 is 0. The Kier molecular flexibility index (Phi) is 5.31. The Morgan fingerprint density at radius 1 is 1.14 bits per heavy atom. The van der Waals surface area contributed by atoms with Crippen molar-refractivity contribution >= 4 is 23.1 Å². The molecule has 0 amide bonds. The van der Waals surface area contributed by atoms with Crippen molar-refractivity contribution in [2.75, 3.05) is 0 Å². The molecule has 3 heterocycles. The van der Waals surface area contributed by atoms with Crippen molar-refractivity contribution < 1.29 is 4.79 Å². The second kappa shape index (κ2) is 8.03. The number of nitrogens with zero attached hydrogens (tertiary/aromatic N) is 3. The number of carbonyl (C=O) groups excluding carboxylic acids is 1. The van der Waals surface area contributed by atoms with Crippen LogP contribution in [0.15, 0.2) is 59.9 Å². The maximum Gasteiger partial charge on any atom is 0.139 e. The van der Waals surface area contributed by atoms with Crippen LogP contribution in [-0.4, -0.2) is 21.5 Å². The number of aliphatic imine (C=N–C) groups is 1. The number of halogens is 1. The first-order valence-corrected chi connectivity index (χ1v) is 9.69. The fourth-order valence-corrected chi connectivity index (χ4v) is 3.72. The summed E-state index contributed by atoms with van der Waals surface area (Å²) in [6, 6.07) is 14.0. The molecular formula is C23H20ClN3O. The largest absolute Gasteiger partial charge is 0.299 e. The Bertz CT molecular complexity index is 1060. The van der Waals surface area contributed by atoms with Crippen LogP contribution < -0.4 is 0 Å². The molecule has 0 spiro atoms. The summed E-state index contributed by atoms with van der Waals surface area (Å²) >= 11 is 6.60. The van der Waals surface area contributed by atoms with Crippen molar-refractivity contribution in [1.29, 1.82) is 0 Å². The molecule has 4 rings (SSSR count). The predicted octanol–water partition coefficient (Wildman–Crippen LogP) is 4.53. The smallest absolute Gasteiger partial charge is 0.139 e. The lowest BCUT2D eigenvalue weighted by Gasteiger charge is -2.09. The van der Waals surface area contributed by atoms with Crippen LogP contribution in [0.3, 0.4) is 0 Å². The zero-order valence-corrected chi connectivity index (χ0v) is 16.4. The third kappa shape index (κ3) is 3.87. The summed E-state index contributed by atoms with van der Waals surface area (Å²) in [6.07, 6.45) is 5.04. The third-order valence-corrected chi connectivity index (χ3v) is 5.36. The molecular weight excluding hydrogens is 370 g/mol. The molecule has 0 N–H and O–H groups in total. The summed E-state index contributed by atoms with van der Waals surface area (Å²) in [5.41, 5.74) is 6.53. The number of pyridine rings is 2. The molecule has 1 aromatic carbocycles. The molecule has 1 aliphatic rings. The van der Waals surface area contributed by atoms with Gasteiger partial charge in [0.05, 0.1) is 29.4 Å². The molecule has 0 atom stereocenters. The van der Waals surface area contributed by atoms with Crippen LogP contribution >= 0.6 is 11.6 Å². The van der Waals surface area contributed by atoms with Gasteiger partial charge in [-0.05, 0) is 31.0 Å². The fourth-order valence-electron chi connectivity index (χ4n) is 3.44. The van der Waals surface area contributed by atoms with Crippen LogP contribution in [0.2, 0.25) is 5.02 Å². The number of benzene rings is 1. The monoisotopic (exact) mass is 389 g/mol. The van der Waals surface area contributed by atoms with E-state index in [1.54, 1.807) is 12.4 Å². The molecule has 0 unspecified atom stereocenters. The van der Waals surface area contributed by atoms with Crippen LogP contribution in [0.5, 0.6) is 0 Å². The number of aryl methyl sites for hydroxylation is 2. The number of ketones is 1. The van der Waals surface area contributed by atoms with Crippen molar-refractivity contribution in [3.63, 3.8) is 0 Å². The van der Waals surface area contributed by atoms with Gasteiger partial charge in [0.15, 0.2) is 0 Å². The van der Waals surface area contributed by atoms with Crippen LogP contribution in [0, 0.1) is 6.92 Å². The maximum atomic E-state index is 12.4. The highest BCUT2D eigenvalue weighted by Gasteiger charge is 2.23. The van der Waals surface area contributed by atoms with Crippen molar-refractivity contribution in [2.24, 2.45) is 4.99 Å². The fraction of sp³-hybridized carbons (Fsp3) is 0.217. The van der Waals surface area contributed by atoms with E-state index in [2.05, 4.69) is 15.0 Å². The van der Waals surface area contributed by atoms with Crippen LogP contribution in [0.4, 0.5) is 0 Å². The van der Waals surface area contributed by atoms with E-state index in [4.69, 9.17) is 11.6 Å². The van der Waals surface area contributed by atoms with Gasteiger partial charge in [-0.2, -0.15) is 0 Å². The highest BCUT2D eigenvalue weighted by molar-refractivity contribution is 6.33. The van der Waals surface area contributed by atoms with Gasteiger partial charge in [-0.1, -0.05) is 41.9 Å². The Hall–Kier alpha value is -2.85. The van der Waals surface area contributed by atoms with Crippen molar-refractivity contribution in [1.82, 2.24) is 9.97 Å². The van der Waals surface area contributed by atoms with Crippen LogP contribution in [0.1, 0.15) is 40.1 Å². The summed E-state index contributed by atoms with van der Waals surface area (Å²) in [5.74, 6) is 0.141. The molecule has 0 saturated heterocycles. The average Bonchev–Trinajstić information content (AvgIpc) is 3.14. The second-order valence-corrected chi connectivity index (χ2v) is 7.34. The lowest BCUT2D eigenvalue weighted by molar-refractivity contribution is -0.118. The van der Waals surface area contributed by atoms with E-state index in [1.807, 2.05) is 49.4 Å². The average molecular weight is 390 g/mol. The molecule has 0 fully saturated rings. The van der Waals surface area contributed by atoms with E-state index in [9.17, 15) is 4.79 Å². The zero-order valence-electron chi connectivity index (χ0n) is 15.7. The summed E-state index contributed by atoms with van der Waals surface area (Å²) in [7, 11) is 0. The Morgan fingerprint density at radius 2 is 1.96 bits per heavy atom. The maximum absolute atomic E-state index is 12.4. The molecule has 140 valence electrons. The standard InChI is InChI=1S/C23H20ClN3O/c1-15-11-17(9-10-25-15)23-20-14-26-21(22(24)19(20)13-27-23)12-18(28)8-7-16-5-3-2-4-6-16/h2-6,9-11,14H,7-8,12-13H2,1H3. The van der Waals surface area contributed by atoms with Gasteiger partial charge >= 0.3 is 0 Å². The molecule has 4 nitrogen and oxygen atoms in total. The van der Waals surface area contributed by atoms with E-state index in [0.29, 0.717) is 23.7 Å². The SMILES string of the molecule is Cc1cc(C2=NCc3c2cnc(CC(=O)CCc2ccccc2)c3Cl)ccn1. The van der Waals surface area contributed by atoms with Crippen molar-refractivity contribution in [3.8, 4) is 0 Å². The molecule has 5 heteroatoms. The number of fused-ring (bicyclic) bond motifs is 1. The third-order valence-electron chi connectivity index (χ3n) is 4.91. The van der Waals surface area contributed by atoms with Gasteiger partial charge in [-0.25, -0.2) is 0 Å². The van der Waals surface area contributed by atoms with Crippen molar-refractivity contribution in [3.05, 3.63) is 93.5 Å². The van der Waals surface area contributed by atoms with Gasteiger partial charge in [-0.15, -0.1) is 0 Å². The molecule has 2 aromatic heterocycles. The first-order chi connectivity index (χ1) is 13.6. The Balaban J connectivity index is 1.49. The Labute approximate surface area is 169 Å². The number of hydrogen-bond acceptors (Lipinski definition) is 4. The van der Waals surface area contributed by atoms with Gasteiger partial charge in [0, 0.05) is 41.2 Å². The number of rotatable bonds is 6. The van der Waals surface area contributed by atoms with Crippen LogP contribution in [-0.2, 0) is 24.2 Å². The molecule has 3 aromatic rings. The quantitative estimate of drug-likeness (QED) is 0.622. The van der Waals surface area contributed by atoms with Crippen molar-refractivity contribution in [2.45, 2.75) is 32.7 Å². The minimum absolute atomic E-state index is 0.141. The topological polar surface area (TPSA) is 55.2 Å². The molecule has 0 bridgehead atoms. The lowest BCUT2D eigenvalue weighted by atomic mass is 10.00. The molecule has 1 aliphatic heterocycles. The van der Waals surface area contributed by atoms with E-state index < -0.39 is 0 Å². The number of Topliss-reactive ketones (excluding diaryl/α,β-unsaturated/α-hetero) is 1. The zero-order chi connectivity index (χ0) is 19.5. The number of aromatic nitrogens is 2. The number of hydrogen-bond donors (Lipinski definition) is 0. The second-order valence-electron chi connectivity index (χ2n) is 6.96. The normalized spacial score (nSPS) is 12.6. The minimum Gasteiger partial charge on any atom is -0.299 e. The lowest BCUT2D eigenvalue weighted by Crippen LogP contribution is -2.09. The molecule has 28 heavy (non-hydrogen) atoms. The first kappa shape index (κ1) is 18.5. The molecule has 0 saturated carbocycles. The van der Waals surface area contributed by atoms with E-state index in [0.717, 1.165) is 40.1 Å². The minimum atomic E-state index is 0.141. The van der Waals surface area contributed by atoms with E-state index in [1.165, 1.54) is 0 Å². The van der Waals surface area contributed by atoms with E-state index in [-0.39, 0.29) is 12.2 Å². The van der Waals surface area contributed by atoms with Gasteiger partial charge in [0.1, 0.15) is 5.78 Å². The predicted molar refractivity (Wildman–Crippen MR) is 111 cm³/mol. The highest BCUT2D eigenvalue weighted by atomic mass is 35.5. The highest BCUT2D eigenvalue weighted by Crippen LogP contribution is 2.31. The van der Waals surface area contributed by atoms with Gasteiger partial charge in [0.25, 0.3) is 0 Å². The van der Waals surface area contributed by atoms with Gasteiger partial charge in [0.2, 0.25) is 0 Å². The first-order valence-electron chi connectivity index (χ1n) is 9.31. The number of carbonyl (C=O) groups is 1. The van der Waals surface area contributed by atoms with E-state index >= 15 is 0 Å². The van der Waals surface area contributed by atoms with Gasteiger partial charge < -0.3 is 0 Å². The van der Waals surface area contributed by atoms with Crippen LogP contribution in [0.25, 0.3) is 0 Å². The summed E-state index contributed by atoms with van der Waals surface area (Å²) in [5, 5.41) is 0.565. The summed E-state index contributed by atoms with van der Waals surface area (Å²) in [4.78, 5) is 25.8. The van der Waals surface area contributed by atoms with Gasteiger partial charge in [-0.3, -0.25) is 19.8 Å². The Morgan fingerprint density at radius 3 is 2.75 bits per heavy atom. The summed E-state index contributed by atoms with van der Waals surface area (Å²) in [6.45, 7) is 2.47. The molecule has 0 aliphatic carbocycles.